The Hall–Kier alpha value is -1.71. The Labute approximate surface area is 151 Å². The number of carbonyl (C=O) groups is 1. The monoisotopic (exact) mass is 350 g/mol. The molecule has 25 heavy (non-hydrogen) atoms. The molecule has 0 unspecified atom stereocenters. The lowest BCUT2D eigenvalue weighted by Gasteiger charge is -2.14. The Morgan fingerprint density at radius 3 is 2.16 bits per heavy atom. The fraction of sp³-hybridized carbons (Fsp3) is 0.667. The van der Waals surface area contributed by atoms with Crippen molar-refractivity contribution in [2.45, 2.75) is 85.0 Å². The van der Waals surface area contributed by atoms with Gasteiger partial charge in [0.15, 0.2) is 5.78 Å². The summed E-state index contributed by atoms with van der Waals surface area (Å²) in [6.07, 6.45) is 9.33. The Kier molecular flexibility index (Phi) is 9.40. The van der Waals surface area contributed by atoms with E-state index in [1.807, 2.05) is 0 Å². The Balaban J connectivity index is 2.66. The van der Waals surface area contributed by atoms with Crippen molar-refractivity contribution in [1.82, 2.24) is 0 Å². The summed E-state index contributed by atoms with van der Waals surface area (Å²) in [6.45, 7) is 6.30. The van der Waals surface area contributed by atoms with E-state index in [2.05, 4.69) is 20.8 Å². The van der Waals surface area contributed by atoms with Crippen molar-refractivity contribution in [3.05, 3.63) is 17.2 Å². The summed E-state index contributed by atoms with van der Waals surface area (Å²) in [5.74, 6) is -0.584. The van der Waals surface area contributed by atoms with E-state index in [1.54, 1.807) is 0 Å². The zero-order valence-corrected chi connectivity index (χ0v) is 16.0. The highest BCUT2D eigenvalue weighted by molar-refractivity contribution is 6.01. The number of benzene rings is 1. The van der Waals surface area contributed by atoms with Gasteiger partial charge in [0.1, 0.15) is 22.8 Å². The van der Waals surface area contributed by atoms with Crippen molar-refractivity contribution < 1.29 is 20.1 Å². The highest BCUT2D eigenvalue weighted by atomic mass is 16.3. The van der Waals surface area contributed by atoms with Gasteiger partial charge in [-0.25, -0.2) is 0 Å². The minimum atomic E-state index is -0.337. The third kappa shape index (κ3) is 6.97. The Morgan fingerprint density at radius 2 is 1.56 bits per heavy atom. The molecule has 1 aromatic rings. The Bertz CT molecular complexity index is 549. The molecule has 4 nitrogen and oxygen atoms in total. The summed E-state index contributed by atoms with van der Waals surface area (Å²) in [5.41, 5.74) is 0.317. The molecule has 0 aromatic heterocycles. The van der Waals surface area contributed by atoms with Crippen LogP contribution in [0.3, 0.4) is 0 Å². The lowest BCUT2D eigenvalue weighted by molar-refractivity contribution is 0.0973. The van der Waals surface area contributed by atoms with Crippen LogP contribution in [-0.2, 0) is 6.42 Å². The van der Waals surface area contributed by atoms with Crippen LogP contribution in [-0.4, -0.2) is 21.1 Å². The second-order valence-corrected chi connectivity index (χ2v) is 7.34. The molecular weight excluding hydrogens is 316 g/mol. The molecule has 0 aliphatic rings. The third-order valence-corrected chi connectivity index (χ3v) is 4.62. The number of hydrogen-bond acceptors (Lipinski definition) is 4. The van der Waals surface area contributed by atoms with Gasteiger partial charge in [0.05, 0.1) is 0 Å². The van der Waals surface area contributed by atoms with Gasteiger partial charge in [0, 0.05) is 18.1 Å². The highest BCUT2D eigenvalue weighted by Crippen LogP contribution is 2.39. The predicted molar refractivity (Wildman–Crippen MR) is 102 cm³/mol. The second kappa shape index (κ2) is 11.0. The lowest BCUT2D eigenvalue weighted by atomic mass is 9.95. The van der Waals surface area contributed by atoms with Crippen LogP contribution < -0.4 is 0 Å². The highest BCUT2D eigenvalue weighted by Gasteiger charge is 2.22. The zero-order valence-electron chi connectivity index (χ0n) is 16.0. The van der Waals surface area contributed by atoms with Gasteiger partial charge in [0.2, 0.25) is 0 Å². The average molecular weight is 350 g/mol. The van der Waals surface area contributed by atoms with Crippen LogP contribution in [0.5, 0.6) is 17.2 Å². The van der Waals surface area contributed by atoms with E-state index in [0.717, 1.165) is 25.7 Å². The van der Waals surface area contributed by atoms with E-state index >= 15 is 0 Å². The maximum absolute atomic E-state index is 12.4. The summed E-state index contributed by atoms with van der Waals surface area (Å²) >= 11 is 0. The largest absolute Gasteiger partial charge is 0.507 e. The maximum Gasteiger partial charge on any atom is 0.170 e. The van der Waals surface area contributed by atoms with Gasteiger partial charge in [0.25, 0.3) is 0 Å². The van der Waals surface area contributed by atoms with Gasteiger partial charge >= 0.3 is 0 Å². The number of Topliss-reactive ketones (excluding diaryl/α,β-unsaturated/α-hetero) is 1. The van der Waals surface area contributed by atoms with Crippen molar-refractivity contribution in [1.29, 1.82) is 0 Å². The van der Waals surface area contributed by atoms with Crippen LogP contribution in [0.25, 0.3) is 0 Å². The van der Waals surface area contributed by atoms with Crippen molar-refractivity contribution in [2.24, 2.45) is 5.92 Å². The minimum Gasteiger partial charge on any atom is -0.507 e. The van der Waals surface area contributed by atoms with Gasteiger partial charge in [-0.2, -0.15) is 0 Å². The van der Waals surface area contributed by atoms with Crippen LogP contribution in [0.2, 0.25) is 0 Å². The van der Waals surface area contributed by atoms with Crippen molar-refractivity contribution in [3.8, 4) is 17.2 Å². The number of aromatic hydroxyl groups is 3. The molecule has 142 valence electrons. The van der Waals surface area contributed by atoms with Crippen molar-refractivity contribution in [2.75, 3.05) is 0 Å². The Morgan fingerprint density at radius 1 is 0.960 bits per heavy atom. The molecule has 0 spiro atoms. The maximum atomic E-state index is 12.4. The topological polar surface area (TPSA) is 77.8 Å². The van der Waals surface area contributed by atoms with Crippen LogP contribution in [0, 0.1) is 5.92 Å². The van der Waals surface area contributed by atoms with E-state index in [-0.39, 0.29) is 28.6 Å². The fourth-order valence-electron chi connectivity index (χ4n) is 3.00. The van der Waals surface area contributed by atoms with Crippen LogP contribution in [0.4, 0.5) is 0 Å². The van der Waals surface area contributed by atoms with Crippen molar-refractivity contribution >= 4 is 5.78 Å². The molecule has 0 saturated heterocycles. The van der Waals surface area contributed by atoms with Crippen LogP contribution >= 0.6 is 0 Å². The minimum absolute atomic E-state index is 0.0393. The van der Waals surface area contributed by atoms with Crippen LogP contribution in [0.15, 0.2) is 6.07 Å². The molecule has 1 aromatic carbocycles. The molecule has 3 N–H and O–H groups in total. The van der Waals surface area contributed by atoms with Crippen LogP contribution in [0.1, 0.15) is 94.5 Å². The van der Waals surface area contributed by atoms with Gasteiger partial charge in [-0.15, -0.1) is 0 Å². The van der Waals surface area contributed by atoms with E-state index in [9.17, 15) is 20.1 Å². The number of carbonyl (C=O) groups excluding carboxylic acids is 1. The van der Waals surface area contributed by atoms with E-state index < -0.39 is 0 Å². The average Bonchev–Trinajstić information content (AvgIpc) is 2.53. The van der Waals surface area contributed by atoms with Gasteiger partial charge in [-0.1, -0.05) is 59.3 Å². The molecule has 0 saturated carbocycles. The molecule has 0 amide bonds. The van der Waals surface area contributed by atoms with Crippen molar-refractivity contribution in [3.63, 3.8) is 0 Å². The number of unbranched alkanes of at least 4 members (excludes halogenated alkanes) is 6. The molecule has 1 rings (SSSR count). The first-order valence-electron chi connectivity index (χ1n) is 9.68. The molecule has 0 atom stereocenters. The molecule has 0 fully saturated rings. The zero-order chi connectivity index (χ0) is 18.8. The summed E-state index contributed by atoms with van der Waals surface area (Å²) in [6, 6.07) is 1.17. The standard InChI is InChI=1S/C21H34O4/c1-4-5-6-7-8-9-10-11-17(22)20-19(24)14-18(23)16(21(20)25)13-12-15(2)3/h14-15,23-25H,4-13H2,1-3H3. The third-order valence-electron chi connectivity index (χ3n) is 4.62. The normalized spacial score (nSPS) is 11.2. The summed E-state index contributed by atoms with van der Waals surface area (Å²) in [5, 5.41) is 30.4. The number of hydrogen-bond donors (Lipinski definition) is 3. The number of ketones is 1. The van der Waals surface area contributed by atoms with E-state index in [0.29, 0.717) is 24.3 Å². The SMILES string of the molecule is CCCCCCCCCC(=O)c1c(O)cc(O)c(CCC(C)C)c1O. The van der Waals surface area contributed by atoms with Gasteiger partial charge in [-0.3, -0.25) is 4.79 Å². The smallest absolute Gasteiger partial charge is 0.170 e. The summed E-state index contributed by atoms with van der Waals surface area (Å²) in [4.78, 5) is 12.4. The number of rotatable bonds is 12. The molecular formula is C21H34O4. The predicted octanol–water partition coefficient (Wildman–Crippen LogP) is 5.72. The summed E-state index contributed by atoms with van der Waals surface area (Å²) in [7, 11) is 0. The quantitative estimate of drug-likeness (QED) is 0.333. The first-order valence-corrected chi connectivity index (χ1v) is 9.68. The first kappa shape index (κ1) is 21.3. The summed E-state index contributed by atoms with van der Waals surface area (Å²) < 4.78 is 0. The number of phenolic OH excluding ortho intramolecular Hbond substituents is 3. The molecule has 0 radical (unpaired) electrons. The second-order valence-electron chi connectivity index (χ2n) is 7.34. The van der Waals surface area contributed by atoms with E-state index in [4.69, 9.17) is 0 Å². The molecule has 0 bridgehead atoms. The molecule has 0 aliphatic heterocycles. The van der Waals surface area contributed by atoms with Gasteiger partial charge in [-0.05, 0) is 25.2 Å². The fourth-order valence-corrected chi connectivity index (χ4v) is 3.00. The van der Waals surface area contributed by atoms with Gasteiger partial charge < -0.3 is 15.3 Å². The molecule has 0 aliphatic carbocycles. The first-order chi connectivity index (χ1) is 11.9. The van der Waals surface area contributed by atoms with E-state index in [1.165, 1.54) is 31.7 Å². The molecule has 0 heterocycles. The molecule has 4 heteroatoms. The lowest BCUT2D eigenvalue weighted by Crippen LogP contribution is -2.03. The number of phenols is 3.